The van der Waals surface area contributed by atoms with E-state index in [1.54, 1.807) is 0 Å². The van der Waals surface area contributed by atoms with Crippen molar-refractivity contribution in [3.8, 4) is 0 Å². The van der Waals surface area contributed by atoms with Crippen molar-refractivity contribution in [2.75, 3.05) is 6.61 Å². The van der Waals surface area contributed by atoms with Crippen molar-refractivity contribution in [2.45, 2.75) is 58.3 Å². The van der Waals surface area contributed by atoms with Crippen molar-refractivity contribution in [3.63, 3.8) is 0 Å². The predicted molar refractivity (Wildman–Crippen MR) is 63.5 cm³/mol. The van der Waals surface area contributed by atoms with Crippen LogP contribution in [0.3, 0.4) is 0 Å². The third-order valence-corrected chi connectivity index (χ3v) is 3.05. The maximum Gasteiger partial charge on any atom is 0.165 e. The minimum atomic E-state index is 0.389. The van der Waals surface area contributed by atoms with E-state index >= 15 is 0 Å². The zero-order valence-electron chi connectivity index (χ0n) is 10.8. The Morgan fingerprint density at radius 1 is 1.47 bits per heavy atom. The molecular weight excluding hydrogens is 218 g/mol. The second kappa shape index (κ2) is 5.55. The Bertz CT molecular complexity index is 345. The molecule has 1 aromatic rings. The molecule has 0 spiro atoms. The molecule has 0 amide bonds. The molecule has 0 bridgehead atoms. The van der Waals surface area contributed by atoms with Crippen LogP contribution in [0.2, 0.25) is 0 Å². The van der Waals surface area contributed by atoms with E-state index < -0.39 is 0 Å². The lowest BCUT2D eigenvalue weighted by Gasteiger charge is -2.34. The molecule has 6 heteroatoms. The number of hydrogen-bond acceptors (Lipinski definition) is 5. The molecule has 96 valence electrons. The molecule has 2 rings (SSSR count). The third kappa shape index (κ3) is 3.01. The van der Waals surface area contributed by atoms with Crippen LogP contribution in [0.1, 0.15) is 45.5 Å². The van der Waals surface area contributed by atoms with Gasteiger partial charge in [0.2, 0.25) is 0 Å². The van der Waals surface area contributed by atoms with Crippen LogP contribution in [0.5, 0.6) is 0 Å². The Hall–Kier alpha value is -1.01. The van der Waals surface area contributed by atoms with Gasteiger partial charge in [0.15, 0.2) is 5.82 Å². The van der Waals surface area contributed by atoms with Gasteiger partial charge in [-0.05, 0) is 30.2 Å². The normalized spacial score (nSPS) is 24.0. The van der Waals surface area contributed by atoms with E-state index in [1.165, 1.54) is 0 Å². The molecule has 1 N–H and O–H groups in total. The summed E-state index contributed by atoms with van der Waals surface area (Å²) in [6.07, 6.45) is 2.43. The van der Waals surface area contributed by atoms with Gasteiger partial charge < -0.3 is 10.1 Å². The minimum absolute atomic E-state index is 0.389. The average Bonchev–Trinajstić information content (AvgIpc) is 2.67. The topological polar surface area (TPSA) is 64.9 Å². The zero-order valence-corrected chi connectivity index (χ0v) is 10.8. The molecule has 0 radical (unpaired) electrons. The van der Waals surface area contributed by atoms with Gasteiger partial charge in [0, 0.05) is 12.6 Å². The number of hydrogen-bond donors (Lipinski definition) is 1. The van der Waals surface area contributed by atoms with Crippen molar-refractivity contribution in [3.05, 3.63) is 5.82 Å². The fourth-order valence-corrected chi connectivity index (χ4v) is 2.02. The van der Waals surface area contributed by atoms with Gasteiger partial charge >= 0.3 is 0 Å². The maximum absolute atomic E-state index is 5.55. The van der Waals surface area contributed by atoms with E-state index in [0.717, 1.165) is 31.8 Å². The molecule has 1 saturated carbocycles. The van der Waals surface area contributed by atoms with Crippen LogP contribution in [0.15, 0.2) is 0 Å². The third-order valence-electron chi connectivity index (χ3n) is 3.05. The second-order valence-corrected chi connectivity index (χ2v) is 4.78. The molecule has 0 atom stereocenters. The van der Waals surface area contributed by atoms with Crippen molar-refractivity contribution >= 4 is 0 Å². The Balaban J connectivity index is 1.87. The largest absolute Gasteiger partial charge is 0.378 e. The molecular formula is C11H21N5O. The lowest BCUT2D eigenvalue weighted by Crippen LogP contribution is -2.35. The summed E-state index contributed by atoms with van der Waals surface area (Å²) < 4.78 is 7.48. The van der Waals surface area contributed by atoms with Gasteiger partial charge in [-0.1, -0.05) is 13.8 Å². The van der Waals surface area contributed by atoms with E-state index in [9.17, 15) is 0 Å². The van der Waals surface area contributed by atoms with Crippen molar-refractivity contribution in [2.24, 2.45) is 0 Å². The molecule has 1 aliphatic carbocycles. The average molecular weight is 239 g/mol. The van der Waals surface area contributed by atoms with Gasteiger partial charge in [-0.3, -0.25) is 0 Å². The first-order valence-electron chi connectivity index (χ1n) is 6.32. The Kier molecular flexibility index (Phi) is 4.06. The van der Waals surface area contributed by atoms with E-state index in [4.69, 9.17) is 4.74 Å². The van der Waals surface area contributed by atoms with Crippen LogP contribution in [-0.4, -0.2) is 39.0 Å². The van der Waals surface area contributed by atoms with Gasteiger partial charge in [0.05, 0.1) is 18.7 Å². The first kappa shape index (κ1) is 12.4. The van der Waals surface area contributed by atoms with E-state index in [1.807, 2.05) is 11.6 Å². The molecule has 17 heavy (non-hydrogen) atoms. The summed E-state index contributed by atoms with van der Waals surface area (Å²) >= 11 is 0. The monoisotopic (exact) mass is 239 g/mol. The van der Waals surface area contributed by atoms with Crippen LogP contribution in [0, 0.1) is 0 Å². The van der Waals surface area contributed by atoms with Crippen LogP contribution in [0.25, 0.3) is 0 Å². The Labute approximate surface area is 102 Å². The molecule has 1 fully saturated rings. The Morgan fingerprint density at radius 3 is 2.88 bits per heavy atom. The summed E-state index contributed by atoms with van der Waals surface area (Å²) in [5.74, 6) is 0.915. The zero-order chi connectivity index (χ0) is 12.3. The predicted octanol–water partition coefficient (Wildman–Crippen LogP) is 0.911. The van der Waals surface area contributed by atoms with E-state index in [2.05, 4.69) is 34.7 Å². The van der Waals surface area contributed by atoms with Gasteiger partial charge in [-0.25, -0.2) is 4.68 Å². The number of nitrogens with one attached hydrogen (secondary N) is 1. The summed E-state index contributed by atoms with van der Waals surface area (Å²) in [5, 5.41) is 15.2. The SMILES string of the molecule is CCOC1CC(n2nnnc2CNC(C)C)C1. The molecule has 1 aromatic heterocycles. The highest BCUT2D eigenvalue weighted by Crippen LogP contribution is 2.34. The van der Waals surface area contributed by atoms with Crippen LogP contribution >= 0.6 is 0 Å². The molecule has 0 aromatic carbocycles. The summed E-state index contributed by atoms with van der Waals surface area (Å²) in [6, 6.07) is 0.850. The summed E-state index contributed by atoms with van der Waals surface area (Å²) in [6.45, 7) is 7.77. The molecule has 1 heterocycles. The summed E-state index contributed by atoms with van der Waals surface area (Å²) in [4.78, 5) is 0. The van der Waals surface area contributed by atoms with Crippen LogP contribution in [-0.2, 0) is 11.3 Å². The maximum atomic E-state index is 5.55. The summed E-state index contributed by atoms with van der Waals surface area (Å²) in [5.41, 5.74) is 0. The highest BCUT2D eigenvalue weighted by Gasteiger charge is 2.33. The van der Waals surface area contributed by atoms with Gasteiger partial charge in [0.25, 0.3) is 0 Å². The lowest BCUT2D eigenvalue weighted by atomic mass is 9.89. The van der Waals surface area contributed by atoms with Crippen molar-refractivity contribution in [1.29, 1.82) is 0 Å². The number of rotatable bonds is 6. The molecule has 0 saturated heterocycles. The summed E-state index contributed by atoms with van der Waals surface area (Å²) in [7, 11) is 0. The molecule has 0 aliphatic heterocycles. The number of ether oxygens (including phenoxy) is 1. The van der Waals surface area contributed by atoms with Gasteiger partial charge in [-0.15, -0.1) is 5.10 Å². The first-order chi connectivity index (χ1) is 8.20. The molecule has 6 nitrogen and oxygen atoms in total. The number of tetrazole rings is 1. The Morgan fingerprint density at radius 2 is 2.24 bits per heavy atom. The molecule has 1 aliphatic rings. The van der Waals surface area contributed by atoms with E-state index in [-0.39, 0.29) is 0 Å². The standard InChI is InChI=1S/C11H21N5O/c1-4-17-10-5-9(6-10)16-11(13-14-15-16)7-12-8(2)3/h8-10,12H,4-7H2,1-3H3. The minimum Gasteiger partial charge on any atom is -0.378 e. The van der Waals surface area contributed by atoms with Gasteiger partial charge in [0.1, 0.15) is 0 Å². The fourth-order valence-electron chi connectivity index (χ4n) is 2.02. The number of aromatic nitrogens is 4. The van der Waals surface area contributed by atoms with Crippen LogP contribution in [0.4, 0.5) is 0 Å². The van der Waals surface area contributed by atoms with Gasteiger partial charge in [-0.2, -0.15) is 0 Å². The van der Waals surface area contributed by atoms with E-state index in [0.29, 0.717) is 18.2 Å². The molecule has 0 unspecified atom stereocenters. The highest BCUT2D eigenvalue weighted by atomic mass is 16.5. The lowest BCUT2D eigenvalue weighted by molar-refractivity contribution is -0.0239. The fraction of sp³-hybridized carbons (Fsp3) is 0.909. The van der Waals surface area contributed by atoms with Crippen LogP contribution < -0.4 is 5.32 Å². The van der Waals surface area contributed by atoms with Crippen molar-refractivity contribution in [1.82, 2.24) is 25.5 Å². The quantitative estimate of drug-likeness (QED) is 0.799. The number of nitrogens with zero attached hydrogens (tertiary/aromatic N) is 4. The first-order valence-corrected chi connectivity index (χ1v) is 6.32. The smallest absolute Gasteiger partial charge is 0.165 e. The van der Waals surface area contributed by atoms with Crippen molar-refractivity contribution < 1.29 is 4.74 Å². The highest BCUT2D eigenvalue weighted by molar-refractivity contribution is 4.91. The second-order valence-electron chi connectivity index (χ2n) is 4.78.